The fraction of sp³-hybridized carbons (Fsp3) is 0.632. The Balaban J connectivity index is 0.00000676. The molecule has 0 saturated heterocycles. The van der Waals surface area contributed by atoms with Gasteiger partial charge < -0.3 is 29.6 Å². The molecular weight excluding hydrogens is 461 g/mol. The molecule has 0 atom stereocenters. The van der Waals surface area contributed by atoms with Crippen LogP contribution in [0.5, 0.6) is 17.2 Å². The lowest BCUT2D eigenvalue weighted by atomic mass is 10.1. The highest BCUT2D eigenvalue weighted by atomic mass is 127. The highest BCUT2D eigenvalue weighted by Crippen LogP contribution is 2.34. The molecule has 1 rings (SSSR count). The maximum absolute atomic E-state index is 5.60. The van der Waals surface area contributed by atoms with Crippen LogP contribution in [0.15, 0.2) is 17.1 Å². The molecule has 0 aliphatic heterocycles. The number of halogens is 1. The molecule has 0 heterocycles. The predicted molar refractivity (Wildman–Crippen MR) is 120 cm³/mol. The van der Waals surface area contributed by atoms with Crippen molar-refractivity contribution in [2.24, 2.45) is 10.9 Å². The van der Waals surface area contributed by atoms with Crippen molar-refractivity contribution in [1.82, 2.24) is 10.6 Å². The van der Waals surface area contributed by atoms with E-state index in [1.807, 2.05) is 12.1 Å². The molecule has 0 bridgehead atoms. The second kappa shape index (κ2) is 14.6. The van der Waals surface area contributed by atoms with Gasteiger partial charge in [0, 0.05) is 38.4 Å². The van der Waals surface area contributed by atoms with Gasteiger partial charge in [-0.3, -0.25) is 4.99 Å². The van der Waals surface area contributed by atoms with Crippen molar-refractivity contribution in [2.45, 2.75) is 26.8 Å². The van der Waals surface area contributed by atoms with E-state index >= 15 is 0 Å². The second-order valence-corrected chi connectivity index (χ2v) is 6.17. The average molecular weight is 495 g/mol. The minimum absolute atomic E-state index is 0. The van der Waals surface area contributed by atoms with Crippen LogP contribution in [-0.2, 0) is 11.3 Å². The van der Waals surface area contributed by atoms with Crippen LogP contribution >= 0.6 is 24.0 Å². The van der Waals surface area contributed by atoms with Gasteiger partial charge in [-0.15, -0.1) is 24.0 Å². The van der Waals surface area contributed by atoms with Crippen molar-refractivity contribution in [3.05, 3.63) is 17.7 Å². The Bertz CT molecular complexity index is 568. The van der Waals surface area contributed by atoms with Crippen molar-refractivity contribution >= 4 is 29.9 Å². The van der Waals surface area contributed by atoms with Crippen molar-refractivity contribution in [3.8, 4) is 17.2 Å². The predicted octanol–water partition coefficient (Wildman–Crippen LogP) is 3.06. The molecule has 0 aromatic heterocycles. The zero-order chi connectivity index (χ0) is 19.4. The molecule has 0 aliphatic carbocycles. The zero-order valence-electron chi connectivity index (χ0n) is 17.3. The van der Waals surface area contributed by atoms with E-state index in [2.05, 4.69) is 29.5 Å². The van der Waals surface area contributed by atoms with Crippen molar-refractivity contribution in [1.29, 1.82) is 0 Å². The summed E-state index contributed by atoms with van der Waals surface area (Å²) in [7, 11) is 6.58. The third-order valence-electron chi connectivity index (χ3n) is 3.83. The van der Waals surface area contributed by atoms with Crippen molar-refractivity contribution in [2.75, 3.05) is 48.1 Å². The van der Waals surface area contributed by atoms with Crippen LogP contribution < -0.4 is 24.8 Å². The van der Waals surface area contributed by atoms with E-state index in [-0.39, 0.29) is 24.0 Å². The average Bonchev–Trinajstić information content (AvgIpc) is 2.65. The Morgan fingerprint density at radius 2 is 1.59 bits per heavy atom. The van der Waals surface area contributed by atoms with Gasteiger partial charge >= 0.3 is 0 Å². The molecule has 1 aromatic rings. The number of ether oxygens (including phenoxy) is 4. The lowest BCUT2D eigenvalue weighted by Gasteiger charge is -2.16. The summed E-state index contributed by atoms with van der Waals surface area (Å²) < 4.78 is 21.7. The fourth-order valence-corrected chi connectivity index (χ4v) is 2.29. The zero-order valence-corrected chi connectivity index (χ0v) is 19.6. The molecule has 0 saturated carbocycles. The first-order valence-corrected chi connectivity index (χ1v) is 8.86. The Labute approximate surface area is 180 Å². The topological polar surface area (TPSA) is 73.3 Å². The molecule has 0 aliphatic rings. The number of rotatable bonds is 11. The monoisotopic (exact) mass is 495 g/mol. The first kappa shape index (κ1) is 25.6. The van der Waals surface area contributed by atoms with Crippen molar-refractivity contribution < 1.29 is 18.9 Å². The number of nitrogens with zero attached hydrogens (tertiary/aromatic N) is 1. The summed E-state index contributed by atoms with van der Waals surface area (Å²) >= 11 is 0. The van der Waals surface area contributed by atoms with Gasteiger partial charge in [0.2, 0.25) is 0 Å². The standard InChI is InChI=1S/C19H33N3O4.HI/c1-14(2)7-9-26-10-8-21-19(20-3)22-13-15-11-17(24-5)18(25-6)12-16(15)23-4;/h11-12,14H,7-10,13H2,1-6H3,(H2,20,21,22);1H. The van der Waals surface area contributed by atoms with Gasteiger partial charge in [-0.05, 0) is 18.4 Å². The Morgan fingerprint density at radius 1 is 0.963 bits per heavy atom. The molecule has 0 fully saturated rings. The number of benzene rings is 1. The third-order valence-corrected chi connectivity index (χ3v) is 3.83. The maximum atomic E-state index is 5.60. The van der Waals surface area contributed by atoms with Crippen molar-refractivity contribution in [3.63, 3.8) is 0 Å². The smallest absolute Gasteiger partial charge is 0.191 e. The number of hydrogen-bond donors (Lipinski definition) is 2. The van der Waals surface area contributed by atoms with E-state index in [9.17, 15) is 0 Å². The number of guanidine groups is 1. The number of methoxy groups -OCH3 is 3. The molecule has 8 heteroatoms. The molecule has 7 nitrogen and oxygen atoms in total. The van der Waals surface area contributed by atoms with Gasteiger partial charge in [-0.2, -0.15) is 0 Å². The molecule has 27 heavy (non-hydrogen) atoms. The number of aliphatic imine (C=N–C) groups is 1. The van der Waals surface area contributed by atoms with Crippen LogP contribution in [0.25, 0.3) is 0 Å². The lowest BCUT2D eigenvalue weighted by molar-refractivity contribution is 0.128. The molecule has 2 N–H and O–H groups in total. The van der Waals surface area contributed by atoms with Gasteiger partial charge in [0.05, 0.1) is 27.9 Å². The Morgan fingerprint density at radius 3 is 2.15 bits per heavy atom. The number of nitrogens with one attached hydrogen (secondary N) is 2. The molecule has 0 unspecified atom stereocenters. The lowest BCUT2D eigenvalue weighted by Crippen LogP contribution is -2.38. The van der Waals surface area contributed by atoms with Gasteiger partial charge in [0.25, 0.3) is 0 Å². The summed E-state index contributed by atoms with van der Waals surface area (Å²) in [4.78, 5) is 4.22. The molecule has 156 valence electrons. The Hall–Kier alpha value is -1.42. The highest BCUT2D eigenvalue weighted by molar-refractivity contribution is 14.0. The Kier molecular flexibility index (Phi) is 13.8. The number of hydrogen-bond acceptors (Lipinski definition) is 5. The van der Waals surface area contributed by atoms with Gasteiger partial charge in [-0.25, -0.2) is 0 Å². The summed E-state index contributed by atoms with van der Waals surface area (Å²) in [5, 5.41) is 6.50. The van der Waals surface area contributed by atoms with E-state index in [0.717, 1.165) is 24.3 Å². The van der Waals surface area contributed by atoms with Crippen LogP contribution in [0.3, 0.4) is 0 Å². The second-order valence-electron chi connectivity index (χ2n) is 6.17. The highest BCUT2D eigenvalue weighted by Gasteiger charge is 2.12. The van der Waals surface area contributed by atoms with Crippen LogP contribution in [-0.4, -0.2) is 54.1 Å². The van der Waals surface area contributed by atoms with E-state index in [4.69, 9.17) is 18.9 Å². The summed E-state index contributed by atoms with van der Waals surface area (Å²) in [6.45, 7) is 7.05. The van der Waals surface area contributed by atoms with Gasteiger partial charge in [0.1, 0.15) is 5.75 Å². The van der Waals surface area contributed by atoms with E-state index in [0.29, 0.717) is 43.1 Å². The van der Waals surface area contributed by atoms with Crippen LogP contribution in [0.1, 0.15) is 25.8 Å². The molecule has 1 aromatic carbocycles. The summed E-state index contributed by atoms with van der Waals surface area (Å²) in [5.41, 5.74) is 0.946. The van der Waals surface area contributed by atoms with Crippen LogP contribution in [0.4, 0.5) is 0 Å². The maximum Gasteiger partial charge on any atom is 0.191 e. The van der Waals surface area contributed by atoms with Crippen LogP contribution in [0.2, 0.25) is 0 Å². The van der Waals surface area contributed by atoms with E-state index in [1.54, 1.807) is 28.4 Å². The third kappa shape index (κ3) is 9.37. The summed E-state index contributed by atoms with van der Waals surface area (Å²) in [6, 6.07) is 3.71. The van der Waals surface area contributed by atoms with E-state index in [1.165, 1.54) is 0 Å². The SMILES string of the molecule is CN=C(NCCOCCC(C)C)NCc1cc(OC)c(OC)cc1OC.I. The normalized spacial score (nSPS) is 11.0. The summed E-state index contributed by atoms with van der Waals surface area (Å²) in [6.07, 6.45) is 1.08. The fourth-order valence-electron chi connectivity index (χ4n) is 2.29. The minimum atomic E-state index is 0. The van der Waals surface area contributed by atoms with Gasteiger partial charge in [0.15, 0.2) is 17.5 Å². The van der Waals surface area contributed by atoms with Gasteiger partial charge in [-0.1, -0.05) is 13.8 Å². The first-order valence-electron chi connectivity index (χ1n) is 8.86. The summed E-state index contributed by atoms with van der Waals surface area (Å²) in [5.74, 6) is 3.38. The van der Waals surface area contributed by atoms with E-state index < -0.39 is 0 Å². The molecule has 0 spiro atoms. The molecule has 0 amide bonds. The molecule has 0 radical (unpaired) electrons. The first-order chi connectivity index (χ1) is 12.5. The minimum Gasteiger partial charge on any atom is -0.496 e. The largest absolute Gasteiger partial charge is 0.496 e. The van der Waals surface area contributed by atoms with Crippen LogP contribution in [0, 0.1) is 5.92 Å². The quantitative estimate of drug-likeness (QED) is 0.213. The molecular formula is C19H34IN3O4.